The van der Waals surface area contributed by atoms with Gasteiger partial charge in [0.15, 0.2) is 0 Å². The van der Waals surface area contributed by atoms with Crippen LogP contribution >= 0.6 is 0 Å². The van der Waals surface area contributed by atoms with E-state index in [2.05, 4.69) is 27.1 Å². The number of hydrogen-bond acceptors (Lipinski definition) is 6. The Bertz CT molecular complexity index is 986. The monoisotopic (exact) mass is 480 g/mol. The molecule has 2 heterocycles. The van der Waals surface area contributed by atoms with Gasteiger partial charge in [-0.05, 0) is 69.7 Å². The van der Waals surface area contributed by atoms with Crippen molar-refractivity contribution in [3.05, 3.63) is 59.7 Å². The van der Waals surface area contributed by atoms with Crippen molar-refractivity contribution in [3.8, 4) is 0 Å². The molecule has 2 aliphatic rings. The van der Waals surface area contributed by atoms with Crippen molar-refractivity contribution in [2.24, 2.45) is 0 Å². The first-order valence-corrected chi connectivity index (χ1v) is 12.5. The van der Waals surface area contributed by atoms with E-state index in [1.165, 1.54) is 0 Å². The van der Waals surface area contributed by atoms with Gasteiger partial charge in [-0.1, -0.05) is 18.2 Å². The number of piperidine rings is 1. The number of carboxylic acid groups (broad SMARTS) is 1. The summed E-state index contributed by atoms with van der Waals surface area (Å²) in [4.78, 5) is 31.6. The number of aromatic carboxylic acids is 1. The zero-order valence-corrected chi connectivity index (χ0v) is 20.5. The van der Waals surface area contributed by atoms with Crippen molar-refractivity contribution in [2.45, 2.75) is 25.3 Å². The Hall–Kier alpha value is -2.94. The molecule has 0 bridgehead atoms. The third-order valence-corrected chi connectivity index (χ3v) is 7.04. The maximum Gasteiger partial charge on any atom is 0.337 e. The third kappa shape index (κ3) is 6.81. The normalized spacial score (nSPS) is 17.5. The van der Waals surface area contributed by atoms with E-state index < -0.39 is 5.97 Å². The Labute approximate surface area is 207 Å². The van der Waals surface area contributed by atoms with Crippen molar-refractivity contribution in [3.63, 3.8) is 0 Å². The van der Waals surface area contributed by atoms with Crippen molar-refractivity contribution >= 4 is 23.3 Å². The first-order chi connectivity index (χ1) is 17.0. The lowest BCUT2D eigenvalue weighted by atomic mass is 10.0. The maximum atomic E-state index is 12.5. The molecule has 0 atom stereocenters. The molecular weight excluding hydrogens is 444 g/mol. The molecule has 0 unspecified atom stereocenters. The number of carboxylic acids is 1. The highest BCUT2D eigenvalue weighted by molar-refractivity contribution is 6.05. The van der Waals surface area contributed by atoms with E-state index in [1.807, 2.05) is 12.1 Å². The molecule has 2 N–H and O–H groups in total. The van der Waals surface area contributed by atoms with Gasteiger partial charge < -0.3 is 25.0 Å². The SMILES string of the molecule is CN(CCCN1CCOCC1)C1CCN(c2ccc(NC(=O)c3ccccc3)cc2C(=O)O)CC1. The molecule has 8 nitrogen and oxygen atoms in total. The number of morpholine rings is 1. The van der Waals surface area contributed by atoms with Gasteiger partial charge in [0.2, 0.25) is 0 Å². The summed E-state index contributed by atoms with van der Waals surface area (Å²) in [5.41, 5.74) is 1.94. The number of ether oxygens (including phenoxy) is 1. The average molecular weight is 481 g/mol. The number of hydrogen-bond donors (Lipinski definition) is 2. The summed E-state index contributed by atoms with van der Waals surface area (Å²) in [6.07, 6.45) is 3.15. The van der Waals surface area contributed by atoms with Crippen LogP contribution in [-0.2, 0) is 4.74 Å². The van der Waals surface area contributed by atoms with Crippen LogP contribution in [0, 0.1) is 0 Å². The van der Waals surface area contributed by atoms with E-state index in [-0.39, 0.29) is 11.5 Å². The smallest absolute Gasteiger partial charge is 0.337 e. The van der Waals surface area contributed by atoms with Gasteiger partial charge in [0.1, 0.15) is 0 Å². The van der Waals surface area contributed by atoms with E-state index in [1.54, 1.807) is 36.4 Å². The molecule has 2 fully saturated rings. The van der Waals surface area contributed by atoms with Gasteiger partial charge in [-0.25, -0.2) is 4.79 Å². The molecule has 2 aliphatic heterocycles. The van der Waals surface area contributed by atoms with Gasteiger partial charge in [0.05, 0.1) is 24.5 Å². The number of nitrogens with one attached hydrogen (secondary N) is 1. The number of anilines is 2. The Morgan fingerprint density at radius 2 is 1.77 bits per heavy atom. The first kappa shape index (κ1) is 25.2. The van der Waals surface area contributed by atoms with E-state index in [9.17, 15) is 14.7 Å². The van der Waals surface area contributed by atoms with Crippen LogP contribution in [-0.4, -0.2) is 92.4 Å². The van der Waals surface area contributed by atoms with E-state index >= 15 is 0 Å². The first-order valence-electron chi connectivity index (χ1n) is 12.5. The van der Waals surface area contributed by atoms with Crippen molar-refractivity contribution in [1.29, 1.82) is 0 Å². The summed E-state index contributed by atoms with van der Waals surface area (Å²) >= 11 is 0. The summed E-state index contributed by atoms with van der Waals surface area (Å²) in [7, 11) is 2.20. The zero-order chi connectivity index (χ0) is 24.6. The molecule has 2 aromatic rings. The van der Waals surface area contributed by atoms with E-state index in [0.717, 1.165) is 71.7 Å². The molecular formula is C27H36N4O4. The highest BCUT2D eigenvalue weighted by Crippen LogP contribution is 2.28. The topological polar surface area (TPSA) is 85.4 Å². The Balaban J connectivity index is 1.31. The highest BCUT2D eigenvalue weighted by Gasteiger charge is 2.25. The largest absolute Gasteiger partial charge is 0.478 e. The molecule has 2 aromatic carbocycles. The maximum absolute atomic E-state index is 12.5. The minimum atomic E-state index is -0.988. The van der Waals surface area contributed by atoms with Gasteiger partial charge in [0.25, 0.3) is 5.91 Å². The van der Waals surface area contributed by atoms with Crippen LogP contribution in [0.25, 0.3) is 0 Å². The zero-order valence-electron chi connectivity index (χ0n) is 20.5. The number of amides is 1. The molecule has 35 heavy (non-hydrogen) atoms. The molecule has 1 amide bonds. The number of rotatable bonds is 9. The fourth-order valence-corrected chi connectivity index (χ4v) is 4.95. The molecule has 0 saturated carbocycles. The molecule has 0 spiro atoms. The number of benzene rings is 2. The Morgan fingerprint density at radius 1 is 1.06 bits per heavy atom. The molecule has 8 heteroatoms. The molecule has 0 aromatic heterocycles. The van der Waals surface area contributed by atoms with Crippen LogP contribution in [0.4, 0.5) is 11.4 Å². The second kappa shape index (κ2) is 12.2. The van der Waals surface area contributed by atoms with Crippen LogP contribution in [0.5, 0.6) is 0 Å². The summed E-state index contributed by atoms with van der Waals surface area (Å²) in [5, 5.41) is 12.7. The number of nitrogens with zero attached hydrogens (tertiary/aromatic N) is 3. The average Bonchev–Trinajstić information content (AvgIpc) is 2.90. The van der Waals surface area contributed by atoms with Crippen molar-refractivity contribution in [2.75, 3.05) is 69.7 Å². The number of carbonyl (C=O) groups is 2. The van der Waals surface area contributed by atoms with Crippen molar-refractivity contribution in [1.82, 2.24) is 9.80 Å². The van der Waals surface area contributed by atoms with E-state index in [4.69, 9.17) is 4.74 Å². The standard InChI is InChI=1S/C27H36N4O4/c1-29(12-5-13-30-16-18-35-19-17-30)23-10-14-31(15-11-23)25-9-8-22(20-24(25)27(33)34)28-26(32)21-6-3-2-4-7-21/h2-4,6-9,20,23H,5,10-19H2,1H3,(H,28,32)(H,33,34). The lowest BCUT2D eigenvalue weighted by molar-refractivity contribution is 0.0357. The van der Waals surface area contributed by atoms with E-state index in [0.29, 0.717) is 23.0 Å². The lowest BCUT2D eigenvalue weighted by Gasteiger charge is -2.38. The molecule has 0 aliphatic carbocycles. The minimum absolute atomic E-state index is 0.216. The van der Waals surface area contributed by atoms with Gasteiger partial charge in [-0.15, -0.1) is 0 Å². The Morgan fingerprint density at radius 3 is 2.46 bits per heavy atom. The molecule has 4 rings (SSSR count). The van der Waals surface area contributed by atoms with Gasteiger partial charge in [-0.3, -0.25) is 9.69 Å². The van der Waals surface area contributed by atoms with Crippen LogP contribution in [0.1, 0.15) is 40.0 Å². The van der Waals surface area contributed by atoms with Gasteiger partial charge in [-0.2, -0.15) is 0 Å². The Kier molecular flexibility index (Phi) is 8.74. The fourth-order valence-electron chi connectivity index (χ4n) is 4.95. The highest BCUT2D eigenvalue weighted by atomic mass is 16.5. The van der Waals surface area contributed by atoms with Gasteiger partial charge in [0, 0.05) is 43.5 Å². The third-order valence-electron chi connectivity index (χ3n) is 7.04. The fraction of sp³-hybridized carbons (Fsp3) is 0.481. The van der Waals surface area contributed by atoms with Gasteiger partial charge >= 0.3 is 5.97 Å². The molecule has 2 saturated heterocycles. The lowest BCUT2D eigenvalue weighted by Crippen LogP contribution is -2.44. The predicted molar refractivity (Wildman–Crippen MR) is 138 cm³/mol. The number of carbonyl (C=O) groups excluding carboxylic acids is 1. The summed E-state index contributed by atoms with van der Waals surface area (Å²) < 4.78 is 5.42. The quantitative estimate of drug-likeness (QED) is 0.570. The second-order valence-corrected chi connectivity index (χ2v) is 9.36. The molecule has 0 radical (unpaired) electrons. The van der Waals surface area contributed by atoms with Crippen LogP contribution in [0.3, 0.4) is 0 Å². The predicted octanol–water partition coefficient (Wildman–Crippen LogP) is 3.26. The molecule has 188 valence electrons. The summed E-state index contributed by atoms with van der Waals surface area (Å²) in [5.74, 6) is -1.25. The van der Waals surface area contributed by atoms with Crippen LogP contribution in [0.2, 0.25) is 0 Å². The summed E-state index contributed by atoms with van der Waals surface area (Å²) in [6.45, 7) is 7.55. The van der Waals surface area contributed by atoms with Crippen LogP contribution in [0.15, 0.2) is 48.5 Å². The second-order valence-electron chi connectivity index (χ2n) is 9.36. The minimum Gasteiger partial charge on any atom is -0.478 e. The van der Waals surface area contributed by atoms with Crippen LogP contribution < -0.4 is 10.2 Å². The summed E-state index contributed by atoms with van der Waals surface area (Å²) in [6, 6.07) is 14.6. The van der Waals surface area contributed by atoms with Crippen molar-refractivity contribution < 1.29 is 19.4 Å².